The van der Waals surface area contributed by atoms with Gasteiger partial charge in [-0.15, -0.1) is 0 Å². The summed E-state index contributed by atoms with van der Waals surface area (Å²) in [6.07, 6.45) is 2.01. The number of benzene rings is 2. The molecule has 2 aromatic rings. The average molecular weight is 334 g/mol. The molecule has 3 N–H and O–H groups in total. The Labute approximate surface area is 137 Å². The average Bonchev–Trinajstić information content (AvgIpc) is 2.49. The van der Waals surface area contributed by atoms with Crippen LogP contribution in [0.3, 0.4) is 0 Å². The summed E-state index contributed by atoms with van der Waals surface area (Å²) >= 11 is 0. The van der Waals surface area contributed by atoms with Crippen LogP contribution in [0.25, 0.3) is 0 Å². The molecule has 0 bridgehead atoms. The van der Waals surface area contributed by atoms with E-state index in [0.29, 0.717) is 11.4 Å². The first-order valence-electron chi connectivity index (χ1n) is 7.56. The molecule has 0 spiro atoms. The molecule has 5 nitrogen and oxygen atoms in total. The Hall–Kier alpha value is -2.05. The van der Waals surface area contributed by atoms with Gasteiger partial charge in [-0.1, -0.05) is 31.5 Å². The van der Waals surface area contributed by atoms with E-state index in [0.717, 1.165) is 24.9 Å². The normalized spacial score (nSPS) is 11.3. The van der Waals surface area contributed by atoms with Gasteiger partial charge in [0.1, 0.15) is 10.6 Å². The zero-order chi connectivity index (χ0) is 16.9. The van der Waals surface area contributed by atoms with Gasteiger partial charge in [-0.2, -0.15) is 0 Å². The van der Waals surface area contributed by atoms with Gasteiger partial charge in [0.15, 0.2) is 5.75 Å². The number of aryl methyl sites for hydroxylation is 1. The van der Waals surface area contributed by atoms with Gasteiger partial charge in [-0.05, 0) is 43.2 Å². The molecule has 0 radical (unpaired) electrons. The van der Waals surface area contributed by atoms with Crippen LogP contribution in [0, 0.1) is 6.92 Å². The predicted octanol–water partition coefficient (Wildman–Crippen LogP) is 3.65. The number of hydrogen-bond acceptors (Lipinski definition) is 4. The lowest BCUT2D eigenvalue weighted by atomic mass is 10.2. The Bertz CT molecular complexity index is 759. The van der Waals surface area contributed by atoms with E-state index >= 15 is 0 Å². The number of unbranched alkanes of at least 4 members (excludes halogenated alkanes) is 1. The second-order valence-corrected chi connectivity index (χ2v) is 6.91. The fourth-order valence-corrected chi connectivity index (χ4v) is 2.95. The van der Waals surface area contributed by atoms with E-state index in [1.54, 1.807) is 12.1 Å². The summed E-state index contributed by atoms with van der Waals surface area (Å²) < 4.78 is 29.7. The lowest BCUT2D eigenvalue weighted by molar-refractivity contribution is 0.469. The molecule has 0 saturated heterocycles. The summed E-state index contributed by atoms with van der Waals surface area (Å²) in [6, 6.07) is 12.4. The molecule has 23 heavy (non-hydrogen) atoms. The lowest BCUT2D eigenvalue weighted by Crippen LogP contribution is -2.15. The first-order chi connectivity index (χ1) is 10.9. The molecule has 0 atom stereocenters. The molecular weight excluding hydrogens is 312 g/mol. The van der Waals surface area contributed by atoms with E-state index in [2.05, 4.69) is 12.2 Å². The molecule has 0 aliphatic carbocycles. The minimum absolute atomic E-state index is 0.0136. The van der Waals surface area contributed by atoms with Gasteiger partial charge >= 0.3 is 0 Å². The molecule has 2 rings (SSSR count). The highest BCUT2D eigenvalue weighted by Crippen LogP contribution is 2.36. The molecule has 0 saturated carbocycles. The summed E-state index contributed by atoms with van der Waals surface area (Å²) in [6.45, 7) is 4.65. The van der Waals surface area contributed by atoms with Crippen LogP contribution in [-0.2, 0) is 10.0 Å². The maximum atomic E-state index is 11.9. The number of rotatable bonds is 7. The van der Waals surface area contributed by atoms with Gasteiger partial charge in [0.2, 0.25) is 10.0 Å². The third-order valence-electron chi connectivity index (χ3n) is 3.31. The van der Waals surface area contributed by atoms with Crippen molar-refractivity contribution in [3.05, 3.63) is 48.0 Å². The van der Waals surface area contributed by atoms with Crippen LogP contribution >= 0.6 is 0 Å². The molecule has 0 amide bonds. The third-order valence-corrected chi connectivity index (χ3v) is 4.23. The largest absolute Gasteiger partial charge is 0.454 e. The number of hydrogen-bond donors (Lipinski definition) is 2. The van der Waals surface area contributed by atoms with E-state index in [4.69, 9.17) is 9.88 Å². The number of nitrogens with one attached hydrogen (secondary N) is 1. The zero-order valence-corrected chi connectivity index (χ0v) is 14.2. The van der Waals surface area contributed by atoms with Crippen LogP contribution in [0.1, 0.15) is 25.3 Å². The number of anilines is 1. The van der Waals surface area contributed by atoms with Crippen LogP contribution in [0.4, 0.5) is 5.69 Å². The summed E-state index contributed by atoms with van der Waals surface area (Å²) in [5.74, 6) is 0.792. The maximum absolute atomic E-state index is 11.9. The van der Waals surface area contributed by atoms with Gasteiger partial charge < -0.3 is 10.1 Å². The number of primary sulfonamides is 1. The van der Waals surface area contributed by atoms with Crippen molar-refractivity contribution in [1.82, 2.24) is 0 Å². The van der Waals surface area contributed by atoms with E-state index in [-0.39, 0.29) is 10.6 Å². The number of para-hydroxylation sites is 1. The van der Waals surface area contributed by atoms with Crippen molar-refractivity contribution in [3.63, 3.8) is 0 Å². The topological polar surface area (TPSA) is 81.4 Å². The van der Waals surface area contributed by atoms with Crippen LogP contribution in [-0.4, -0.2) is 15.0 Å². The molecule has 0 heterocycles. The Morgan fingerprint density at radius 1 is 1.17 bits per heavy atom. The quantitative estimate of drug-likeness (QED) is 0.757. The Balaban J connectivity index is 2.49. The molecule has 0 unspecified atom stereocenters. The Morgan fingerprint density at radius 3 is 2.48 bits per heavy atom. The number of ether oxygens (including phenoxy) is 1. The summed E-state index contributed by atoms with van der Waals surface area (Å²) in [4.78, 5) is -0.0136. The van der Waals surface area contributed by atoms with Crippen molar-refractivity contribution in [3.8, 4) is 11.5 Å². The number of sulfonamides is 1. The summed E-state index contributed by atoms with van der Waals surface area (Å²) in [7, 11) is -3.89. The smallest absolute Gasteiger partial charge is 0.241 e. The molecule has 0 aromatic heterocycles. The van der Waals surface area contributed by atoms with E-state index < -0.39 is 10.0 Å². The molecular formula is C17H22N2O3S. The lowest BCUT2D eigenvalue weighted by Gasteiger charge is -2.17. The first-order valence-corrected chi connectivity index (χ1v) is 9.10. The maximum Gasteiger partial charge on any atom is 0.241 e. The minimum Gasteiger partial charge on any atom is -0.454 e. The standard InChI is InChI=1S/C17H22N2O3S/c1-3-4-10-19-15-11-13(2)12-16(23(18,20)21)17(15)22-14-8-6-5-7-9-14/h5-9,11-12,19H,3-4,10H2,1-2H3,(H2,18,20,21). The van der Waals surface area contributed by atoms with Gasteiger partial charge in [0, 0.05) is 6.54 Å². The highest BCUT2D eigenvalue weighted by Gasteiger charge is 2.20. The van der Waals surface area contributed by atoms with Gasteiger partial charge in [0.25, 0.3) is 0 Å². The van der Waals surface area contributed by atoms with Crippen molar-refractivity contribution >= 4 is 15.7 Å². The summed E-state index contributed by atoms with van der Waals surface area (Å²) in [5, 5.41) is 8.61. The zero-order valence-electron chi connectivity index (χ0n) is 13.4. The van der Waals surface area contributed by atoms with Crippen molar-refractivity contribution in [2.45, 2.75) is 31.6 Å². The molecule has 124 valence electrons. The Kier molecular flexibility index (Phi) is 5.63. The van der Waals surface area contributed by atoms with Crippen molar-refractivity contribution in [1.29, 1.82) is 0 Å². The van der Waals surface area contributed by atoms with Crippen molar-refractivity contribution < 1.29 is 13.2 Å². The van der Waals surface area contributed by atoms with Crippen molar-refractivity contribution in [2.75, 3.05) is 11.9 Å². The highest BCUT2D eigenvalue weighted by molar-refractivity contribution is 7.89. The van der Waals surface area contributed by atoms with Gasteiger partial charge in [-0.25, -0.2) is 13.6 Å². The molecule has 0 aliphatic rings. The monoisotopic (exact) mass is 334 g/mol. The van der Waals surface area contributed by atoms with E-state index in [9.17, 15) is 8.42 Å². The Morgan fingerprint density at radius 2 is 1.87 bits per heavy atom. The highest BCUT2D eigenvalue weighted by atomic mass is 32.2. The SMILES string of the molecule is CCCCNc1cc(C)cc(S(N)(=O)=O)c1Oc1ccccc1. The molecule has 6 heteroatoms. The van der Waals surface area contributed by atoms with Gasteiger partial charge in [-0.3, -0.25) is 0 Å². The van der Waals surface area contributed by atoms with E-state index in [1.807, 2.05) is 31.2 Å². The minimum atomic E-state index is -3.89. The van der Waals surface area contributed by atoms with E-state index in [1.165, 1.54) is 6.07 Å². The number of nitrogens with two attached hydrogens (primary N) is 1. The predicted molar refractivity (Wildman–Crippen MR) is 92.5 cm³/mol. The molecule has 0 aliphatic heterocycles. The van der Waals surface area contributed by atoms with Crippen LogP contribution < -0.4 is 15.2 Å². The second-order valence-electron chi connectivity index (χ2n) is 5.38. The molecule has 0 fully saturated rings. The van der Waals surface area contributed by atoms with Crippen LogP contribution in [0.5, 0.6) is 11.5 Å². The molecule has 2 aromatic carbocycles. The fourth-order valence-electron chi connectivity index (χ4n) is 2.19. The van der Waals surface area contributed by atoms with Crippen LogP contribution in [0.2, 0.25) is 0 Å². The van der Waals surface area contributed by atoms with Crippen molar-refractivity contribution in [2.24, 2.45) is 5.14 Å². The van der Waals surface area contributed by atoms with Gasteiger partial charge in [0.05, 0.1) is 5.69 Å². The second kappa shape index (κ2) is 7.48. The third kappa shape index (κ3) is 4.71. The fraction of sp³-hybridized carbons (Fsp3) is 0.294. The van der Waals surface area contributed by atoms with Crippen LogP contribution in [0.15, 0.2) is 47.4 Å². The first kappa shape index (κ1) is 17.3. The summed E-state index contributed by atoms with van der Waals surface area (Å²) in [5.41, 5.74) is 1.43.